The number of hydrogen-bond donors (Lipinski definition) is 3. The minimum atomic E-state index is -0.204. The van der Waals surface area contributed by atoms with Crippen molar-refractivity contribution >= 4 is 17.9 Å². The van der Waals surface area contributed by atoms with Gasteiger partial charge in [-0.05, 0) is 37.7 Å². The van der Waals surface area contributed by atoms with Gasteiger partial charge in [0.25, 0.3) is 0 Å². The molecule has 0 aliphatic carbocycles. The Balaban J connectivity index is 2.38. The summed E-state index contributed by atoms with van der Waals surface area (Å²) in [6.07, 6.45) is 7.83. The van der Waals surface area contributed by atoms with Gasteiger partial charge in [-0.25, -0.2) is 0 Å². The third-order valence-electron chi connectivity index (χ3n) is 4.83. The van der Waals surface area contributed by atoms with Crippen LogP contribution in [0.25, 0.3) is 0 Å². The summed E-state index contributed by atoms with van der Waals surface area (Å²) in [4.78, 5) is 11.1. The normalized spacial score (nSPS) is 12.6. The van der Waals surface area contributed by atoms with Crippen molar-refractivity contribution in [2.45, 2.75) is 78.2 Å². The van der Waals surface area contributed by atoms with E-state index < -0.39 is 0 Å². The van der Waals surface area contributed by atoms with Crippen molar-refractivity contribution in [1.82, 2.24) is 0 Å². The molecular formula is C20H31ClO4. The van der Waals surface area contributed by atoms with E-state index in [1.54, 1.807) is 6.92 Å². The van der Waals surface area contributed by atoms with Gasteiger partial charge >= 0.3 is 0 Å². The van der Waals surface area contributed by atoms with Gasteiger partial charge in [0, 0.05) is 5.56 Å². The Morgan fingerprint density at radius 2 is 1.56 bits per heavy atom. The van der Waals surface area contributed by atoms with E-state index >= 15 is 0 Å². The summed E-state index contributed by atoms with van der Waals surface area (Å²) < 4.78 is 0. The molecule has 0 saturated heterocycles. The lowest BCUT2D eigenvalue weighted by molar-refractivity contribution is 0.111. The van der Waals surface area contributed by atoms with Crippen LogP contribution in [0.5, 0.6) is 11.5 Å². The third kappa shape index (κ3) is 6.19. The van der Waals surface area contributed by atoms with Crippen molar-refractivity contribution < 1.29 is 20.1 Å². The summed E-state index contributed by atoms with van der Waals surface area (Å²) in [5, 5.41) is 30.2. The largest absolute Gasteiger partial charge is 0.507 e. The van der Waals surface area contributed by atoms with Crippen molar-refractivity contribution in [1.29, 1.82) is 0 Å². The van der Waals surface area contributed by atoms with Gasteiger partial charge in [-0.2, -0.15) is 0 Å². The number of carbonyl (C=O) groups excluding carboxylic acids is 1. The van der Waals surface area contributed by atoms with Gasteiger partial charge in [-0.3, -0.25) is 4.79 Å². The third-order valence-corrected chi connectivity index (χ3v) is 5.29. The number of carbonyl (C=O) groups is 1. The lowest BCUT2D eigenvalue weighted by Crippen LogP contribution is -2.13. The fourth-order valence-electron chi connectivity index (χ4n) is 2.96. The number of unbranched alkanes of at least 4 members (excludes halogenated alkanes) is 5. The molecule has 3 N–H and O–H groups in total. The Bertz CT molecular complexity index is 570. The van der Waals surface area contributed by atoms with Crippen molar-refractivity contribution in [3.63, 3.8) is 0 Å². The first-order valence-electron chi connectivity index (χ1n) is 9.17. The Kier molecular flexibility index (Phi) is 9.30. The topological polar surface area (TPSA) is 77.8 Å². The van der Waals surface area contributed by atoms with Crippen LogP contribution < -0.4 is 0 Å². The second kappa shape index (κ2) is 10.7. The van der Waals surface area contributed by atoms with Gasteiger partial charge in [0.15, 0.2) is 6.29 Å². The minimum Gasteiger partial charge on any atom is -0.507 e. The number of rotatable bonds is 11. The zero-order valence-electron chi connectivity index (χ0n) is 15.5. The van der Waals surface area contributed by atoms with E-state index in [4.69, 9.17) is 11.6 Å². The lowest BCUT2D eigenvalue weighted by atomic mass is 9.97. The fraction of sp³-hybridized carbons (Fsp3) is 0.650. The molecule has 0 aromatic heterocycles. The van der Waals surface area contributed by atoms with Crippen molar-refractivity contribution in [3.05, 3.63) is 21.7 Å². The van der Waals surface area contributed by atoms with Crippen LogP contribution in [0.2, 0.25) is 5.02 Å². The van der Waals surface area contributed by atoms with Crippen LogP contribution in [0.4, 0.5) is 0 Å². The molecule has 1 atom stereocenters. The van der Waals surface area contributed by atoms with E-state index in [1.807, 2.05) is 13.8 Å². The van der Waals surface area contributed by atoms with E-state index in [0.717, 1.165) is 44.9 Å². The van der Waals surface area contributed by atoms with E-state index in [9.17, 15) is 20.1 Å². The smallest absolute Gasteiger partial charge is 0.154 e. The average Bonchev–Trinajstić information content (AvgIpc) is 2.58. The molecule has 5 heteroatoms. The first kappa shape index (κ1) is 21.8. The molecule has 4 nitrogen and oxygen atoms in total. The minimum absolute atomic E-state index is 0.120. The Hall–Kier alpha value is -1.26. The molecule has 0 saturated carbocycles. The van der Waals surface area contributed by atoms with Crippen LogP contribution in [0.1, 0.15) is 80.3 Å². The van der Waals surface area contributed by atoms with Crippen LogP contribution in [-0.2, 0) is 6.42 Å². The van der Waals surface area contributed by atoms with Gasteiger partial charge in [-0.15, -0.1) is 0 Å². The number of aldehydes is 1. The molecule has 0 radical (unpaired) electrons. The molecule has 0 spiro atoms. The van der Waals surface area contributed by atoms with Crippen molar-refractivity contribution in [3.8, 4) is 11.5 Å². The van der Waals surface area contributed by atoms with Crippen LogP contribution >= 0.6 is 11.6 Å². The maximum atomic E-state index is 11.1. The molecule has 1 aromatic rings. The van der Waals surface area contributed by atoms with E-state index in [0.29, 0.717) is 29.8 Å². The SMILES string of the molecule is Cc1c(Cl)c(O)c(CCCCCCCCC(O)C(C)C)c(O)c1C=O. The predicted molar refractivity (Wildman–Crippen MR) is 102 cm³/mol. The molecule has 1 unspecified atom stereocenters. The monoisotopic (exact) mass is 370 g/mol. The molecule has 142 valence electrons. The van der Waals surface area contributed by atoms with Crippen LogP contribution in [0.15, 0.2) is 0 Å². The van der Waals surface area contributed by atoms with Gasteiger partial charge in [0.1, 0.15) is 11.5 Å². The van der Waals surface area contributed by atoms with Gasteiger partial charge in [-0.1, -0.05) is 57.6 Å². The zero-order valence-corrected chi connectivity index (χ0v) is 16.3. The number of benzene rings is 1. The molecular weight excluding hydrogens is 340 g/mol. The van der Waals surface area contributed by atoms with E-state index in [-0.39, 0.29) is 28.2 Å². The van der Waals surface area contributed by atoms with Crippen molar-refractivity contribution in [2.24, 2.45) is 5.92 Å². The number of aromatic hydroxyl groups is 2. The van der Waals surface area contributed by atoms with Gasteiger partial charge in [0.2, 0.25) is 0 Å². The van der Waals surface area contributed by atoms with Crippen LogP contribution in [-0.4, -0.2) is 27.7 Å². The zero-order chi connectivity index (χ0) is 19.0. The highest BCUT2D eigenvalue weighted by Crippen LogP contribution is 2.40. The van der Waals surface area contributed by atoms with Crippen molar-refractivity contribution in [2.75, 3.05) is 0 Å². The molecule has 0 aliphatic rings. The molecule has 25 heavy (non-hydrogen) atoms. The number of halogens is 1. The van der Waals surface area contributed by atoms with Crippen LogP contribution in [0.3, 0.4) is 0 Å². The summed E-state index contributed by atoms with van der Waals surface area (Å²) in [5.41, 5.74) is 0.915. The lowest BCUT2D eigenvalue weighted by Gasteiger charge is -2.14. The van der Waals surface area contributed by atoms with E-state index in [1.165, 1.54) is 0 Å². The maximum Gasteiger partial charge on any atom is 0.154 e. The van der Waals surface area contributed by atoms with Gasteiger partial charge < -0.3 is 15.3 Å². The van der Waals surface area contributed by atoms with Crippen LogP contribution in [0, 0.1) is 12.8 Å². The summed E-state index contributed by atoms with van der Waals surface area (Å²) in [7, 11) is 0. The maximum absolute atomic E-state index is 11.1. The highest BCUT2D eigenvalue weighted by atomic mass is 35.5. The number of phenolic OH excluding ortho intramolecular Hbond substituents is 2. The summed E-state index contributed by atoms with van der Waals surface area (Å²) in [5.74, 6) is 0.0416. The molecule has 1 rings (SSSR count). The highest BCUT2D eigenvalue weighted by molar-refractivity contribution is 6.33. The molecule has 0 bridgehead atoms. The Labute approximate surface area is 155 Å². The summed E-state index contributed by atoms with van der Waals surface area (Å²) >= 11 is 6.04. The van der Waals surface area contributed by atoms with Gasteiger partial charge in [0.05, 0.1) is 16.7 Å². The standard InChI is InChI=1S/C20H31ClO4/c1-13(2)17(23)11-9-7-5-4-6-8-10-15-19(24)16(12-22)14(3)18(21)20(15)25/h12-13,17,23-25H,4-11H2,1-3H3. The Morgan fingerprint density at radius 3 is 2.12 bits per heavy atom. The molecule has 0 heterocycles. The molecule has 1 aromatic carbocycles. The molecule has 0 amide bonds. The summed E-state index contributed by atoms with van der Waals surface area (Å²) in [6.45, 7) is 5.66. The first-order valence-corrected chi connectivity index (χ1v) is 9.55. The predicted octanol–water partition coefficient (Wildman–Crippen LogP) is 5.16. The second-order valence-corrected chi connectivity index (χ2v) is 7.50. The average molecular weight is 371 g/mol. The molecule has 0 fully saturated rings. The summed E-state index contributed by atoms with van der Waals surface area (Å²) in [6, 6.07) is 0. The quantitative estimate of drug-likeness (QED) is 0.371. The number of phenols is 2. The van der Waals surface area contributed by atoms with E-state index in [2.05, 4.69) is 0 Å². The number of aliphatic hydroxyl groups is 1. The molecule has 0 aliphatic heterocycles. The number of aliphatic hydroxyl groups excluding tert-OH is 1. The fourth-order valence-corrected chi connectivity index (χ4v) is 3.17. The Morgan fingerprint density at radius 1 is 1.00 bits per heavy atom. The second-order valence-electron chi connectivity index (χ2n) is 7.12. The highest BCUT2D eigenvalue weighted by Gasteiger charge is 2.19. The first-order chi connectivity index (χ1) is 11.8. The number of hydrogen-bond acceptors (Lipinski definition) is 4.